The summed E-state index contributed by atoms with van der Waals surface area (Å²) in [6.45, 7) is 2.80. The molecule has 1 aromatic heterocycles. The van der Waals surface area contributed by atoms with Crippen LogP contribution in [-0.4, -0.2) is 45.2 Å². The lowest BCUT2D eigenvalue weighted by Gasteiger charge is -2.32. The number of nitrogens with zero attached hydrogens (tertiary/aromatic N) is 3. The Morgan fingerprint density at radius 1 is 1.00 bits per heavy atom. The SMILES string of the molecule is O=C(CSc1nc2ccccc2c(=O)n1-c1ccc(Cl)cc1Cl)NC1CCN(Cc2ccccc2)CC1. The summed E-state index contributed by atoms with van der Waals surface area (Å²) < 4.78 is 1.46. The monoisotopic (exact) mass is 552 g/mol. The Kier molecular flexibility index (Phi) is 8.15. The van der Waals surface area contributed by atoms with Crippen LogP contribution in [0.25, 0.3) is 16.6 Å². The summed E-state index contributed by atoms with van der Waals surface area (Å²) in [4.78, 5) is 33.4. The summed E-state index contributed by atoms with van der Waals surface area (Å²) in [7, 11) is 0. The first-order valence-corrected chi connectivity index (χ1v) is 13.9. The van der Waals surface area contributed by atoms with Gasteiger partial charge in [0.05, 0.1) is 27.4 Å². The molecule has 1 aliphatic rings. The number of piperidine rings is 1. The van der Waals surface area contributed by atoms with Crippen LogP contribution >= 0.6 is 35.0 Å². The Hall–Kier alpha value is -2.84. The van der Waals surface area contributed by atoms with Gasteiger partial charge in [0.25, 0.3) is 5.56 Å². The summed E-state index contributed by atoms with van der Waals surface area (Å²) in [6, 6.07) is 22.7. The van der Waals surface area contributed by atoms with E-state index in [2.05, 4.69) is 34.5 Å². The number of likely N-dealkylation sites (tertiary alicyclic amines) is 1. The van der Waals surface area contributed by atoms with Gasteiger partial charge in [-0.25, -0.2) is 4.98 Å². The lowest BCUT2D eigenvalue weighted by atomic mass is 10.0. The molecule has 190 valence electrons. The molecule has 0 aliphatic carbocycles. The van der Waals surface area contributed by atoms with Gasteiger partial charge in [0, 0.05) is 30.7 Å². The van der Waals surface area contributed by atoms with Gasteiger partial charge in [-0.2, -0.15) is 0 Å². The van der Waals surface area contributed by atoms with Crippen molar-refractivity contribution in [1.29, 1.82) is 0 Å². The molecule has 0 atom stereocenters. The maximum absolute atomic E-state index is 13.4. The standard InChI is InChI=1S/C28H26Cl2N4O2S/c29-20-10-11-25(23(30)16-20)34-27(36)22-8-4-5-9-24(22)32-28(34)37-18-26(35)31-21-12-14-33(15-13-21)17-19-6-2-1-3-7-19/h1-11,16,21H,12-15,17-18H2,(H,31,35). The Labute approximate surface area is 229 Å². The number of aromatic nitrogens is 2. The molecule has 0 radical (unpaired) electrons. The number of fused-ring (bicyclic) bond motifs is 1. The largest absolute Gasteiger partial charge is 0.353 e. The van der Waals surface area contributed by atoms with Crippen LogP contribution in [0.4, 0.5) is 0 Å². The molecule has 37 heavy (non-hydrogen) atoms. The summed E-state index contributed by atoms with van der Waals surface area (Å²) >= 11 is 13.7. The van der Waals surface area contributed by atoms with Crippen LogP contribution in [0.15, 0.2) is 82.7 Å². The lowest BCUT2D eigenvalue weighted by Crippen LogP contribution is -2.44. The fourth-order valence-electron chi connectivity index (χ4n) is 4.56. The minimum Gasteiger partial charge on any atom is -0.353 e. The molecule has 6 nitrogen and oxygen atoms in total. The predicted octanol–water partition coefficient (Wildman–Crippen LogP) is 5.57. The smallest absolute Gasteiger partial charge is 0.266 e. The molecule has 2 heterocycles. The van der Waals surface area contributed by atoms with Crippen molar-refractivity contribution < 1.29 is 4.79 Å². The average molecular weight is 554 g/mol. The van der Waals surface area contributed by atoms with E-state index in [-0.39, 0.29) is 23.3 Å². The molecule has 0 saturated carbocycles. The number of hydrogen-bond acceptors (Lipinski definition) is 5. The molecule has 1 saturated heterocycles. The number of thioether (sulfide) groups is 1. The van der Waals surface area contributed by atoms with E-state index in [4.69, 9.17) is 28.2 Å². The van der Waals surface area contributed by atoms with Crippen LogP contribution in [-0.2, 0) is 11.3 Å². The van der Waals surface area contributed by atoms with Gasteiger partial charge >= 0.3 is 0 Å². The second-order valence-electron chi connectivity index (χ2n) is 9.04. The van der Waals surface area contributed by atoms with Gasteiger partial charge < -0.3 is 5.32 Å². The molecule has 1 N–H and O–H groups in total. The third kappa shape index (κ3) is 6.18. The predicted molar refractivity (Wildman–Crippen MR) is 151 cm³/mol. The van der Waals surface area contributed by atoms with Gasteiger partial charge in [0.15, 0.2) is 5.16 Å². The van der Waals surface area contributed by atoms with E-state index in [0.717, 1.165) is 32.5 Å². The second kappa shape index (κ2) is 11.7. The zero-order chi connectivity index (χ0) is 25.8. The van der Waals surface area contributed by atoms with E-state index in [1.54, 1.807) is 36.4 Å². The Morgan fingerprint density at radius 2 is 1.73 bits per heavy atom. The average Bonchev–Trinajstić information content (AvgIpc) is 2.90. The molecule has 5 rings (SSSR count). The molecular formula is C28H26Cl2N4O2S. The molecular weight excluding hydrogens is 527 g/mol. The van der Waals surface area contributed by atoms with Gasteiger partial charge in [-0.15, -0.1) is 0 Å². The summed E-state index contributed by atoms with van der Waals surface area (Å²) in [5.41, 5.74) is 2.10. The topological polar surface area (TPSA) is 67.2 Å². The summed E-state index contributed by atoms with van der Waals surface area (Å²) in [5.74, 6) is 0.0582. The first-order chi connectivity index (χ1) is 18.0. The number of para-hydroxylation sites is 1. The van der Waals surface area contributed by atoms with Crippen molar-refractivity contribution in [2.75, 3.05) is 18.8 Å². The van der Waals surface area contributed by atoms with E-state index in [0.29, 0.717) is 31.8 Å². The van der Waals surface area contributed by atoms with Gasteiger partial charge in [-0.1, -0.05) is 77.4 Å². The van der Waals surface area contributed by atoms with Crippen LogP contribution in [0.1, 0.15) is 18.4 Å². The second-order valence-corrected chi connectivity index (χ2v) is 10.8. The van der Waals surface area contributed by atoms with Crippen molar-refractivity contribution in [3.05, 3.63) is 98.8 Å². The van der Waals surface area contributed by atoms with Crippen molar-refractivity contribution in [3.63, 3.8) is 0 Å². The molecule has 1 fully saturated rings. The zero-order valence-electron chi connectivity index (χ0n) is 20.1. The molecule has 0 unspecified atom stereocenters. The number of rotatable bonds is 7. The van der Waals surface area contributed by atoms with Crippen molar-refractivity contribution in [2.45, 2.75) is 30.6 Å². The third-order valence-corrected chi connectivity index (χ3v) is 7.91. The molecule has 3 aromatic carbocycles. The molecule has 0 bridgehead atoms. The lowest BCUT2D eigenvalue weighted by molar-refractivity contribution is -0.119. The van der Waals surface area contributed by atoms with E-state index in [1.165, 1.54) is 21.9 Å². The van der Waals surface area contributed by atoms with Crippen LogP contribution in [0.3, 0.4) is 0 Å². The molecule has 1 aliphatic heterocycles. The van der Waals surface area contributed by atoms with E-state index in [1.807, 2.05) is 12.1 Å². The first-order valence-electron chi connectivity index (χ1n) is 12.1. The van der Waals surface area contributed by atoms with E-state index >= 15 is 0 Å². The number of halogens is 2. The van der Waals surface area contributed by atoms with Crippen LogP contribution in [0.5, 0.6) is 0 Å². The zero-order valence-corrected chi connectivity index (χ0v) is 22.4. The Bertz CT molecular complexity index is 1470. The third-order valence-electron chi connectivity index (χ3n) is 6.43. The van der Waals surface area contributed by atoms with Crippen molar-refractivity contribution >= 4 is 51.8 Å². The molecule has 4 aromatic rings. The van der Waals surface area contributed by atoms with Crippen LogP contribution in [0, 0.1) is 0 Å². The van der Waals surface area contributed by atoms with E-state index < -0.39 is 0 Å². The number of nitrogens with one attached hydrogen (secondary N) is 1. The number of benzene rings is 3. The van der Waals surface area contributed by atoms with Crippen LogP contribution in [0.2, 0.25) is 10.0 Å². The molecule has 0 spiro atoms. The fourth-order valence-corrected chi connectivity index (χ4v) is 5.87. The maximum atomic E-state index is 13.4. The quantitative estimate of drug-likeness (QED) is 0.240. The fraction of sp³-hybridized carbons (Fsp3) is 0.250. The molecule has 1 amide bonds. The Morgan fingerprint density at radius 3 is 2.49 bits per heavy atom. The minimum atomic E-state index is -0.247. The summed E-state index contributed by atoms with van der Waals surface area (Å²) in [6.07, 6.45) is 1.81. The normalized spacial score (nSPS) is 14.6. The van der Waals surface area contributed by atoms with E-state index in [9.17, 15) is 9.59 Å². The van der Waals surface area contributed by atoms with Gasteiger partial charge in [-0.3, -0.25) is 19.1 Å². The van der Waals surface area contributed by atoms with Gasteiger partial charge in [0.1, 0.15) is 0 Å². The first kappa shape index (κ1) is 25.8. The number of carbonyl (C=O) groups excluding carboxylic acids is 1. The van der Waals surface area contributed by atoms with Crippen molar-refractivity contribution in [3.8, 4) is 5.69 Å². The van der Waals surface area contributed by atoms with Crippen LogP contribution < -0.4 is 10.9 Å². The summed E-state index contributed by atoms with van der Waals surface area (Å²) in [5, 5.41) is 4.84. The number of hydrogen-bond donors (Lipinski definition) is 1. The maximum Gasteiger partial charge on any atom is 0.266 e. The number of carbonyl (C=O) groups is 1. The van der Waals surface area contributed by atoms with Crippen molar-refractivity contribution in [1.82, 2.24) is 19.8 Å². The Balaban J connectivity index is 1.27. The highest BCUT2D eigenvalue weighted by Gasteiger charge is 2.22. The highest BCUT2D eigenvalue weighted by Crippen LogP contribution is 2.28. The highest BCUT2D eigenvalue weighted by molar-refractivity contribution is 7.99. The van der Waals surface area contributed by atoms with Gasteiger partial charge in [-0.05, 0) is 48.7 Å². The molecule has 9 heteroatoms. The van der Waals surface area contributed by atoms with Crippen molar-refractivity contribution in [2.24, 2.45) is 0 Å². The number of amides is 1. The highest BCUT2D eigenvalue weighted by atomic mass is 35.5. The minimum absolute atomic E-state index is 0.0809. The van der Waals surface area contributed by atoms with Gasteiger partial charge in [0.2, 0.25) is 5.91 Å².